The quantitative estimate of drug-likeness (QED) is 0.660. The first-order valence-electron chi connectivity index (χ1n) is 9.29. The van der Waals surface area contributed by atoms with Gasteiger partial charge in [0.05, 0.1) is 5.71 Å². The van der Waals surface area contributed by atoms with E-state index in [1.807, 2.05) is 25.1 Å². The molecule has 1 amide bonds. The molecule has 3 rings (SSSR count). The van der Waals surface area contributed by atoms with E-state index in [0.717, 1.165) is 43.8 Å². The van der Waals surface area contributed by atoms with E-state index in [1.54, 1.807) is 0 Å². The fourth-order valence-corrected chi connectivity index (χ4v) is 3.28. The molecular formula is C22H27N3O. The maximum Gasteiger partial charge on any atom is 0.243 e. The lowest BCUT2D eigenvalue weighted by molar-refractivity contribution is -0.126. The number of hydrazone groups is 1. The molecule has 2 aromatic carbocycles. The SMILES string of the molecule is CC(=NNC(=O)C1CCN(Cc2ccccc2)CC1)c1ccc(C)cc1. The van der Waals surface area contributed by atoms with Gasteiger partial charge in [0, 0.05) is 12.5 Å². The number of nitrogens with one attached hydrogen (secondary N) is 1. The summed E-state index contributed by atoms with van der Waals surface area (Å²) in [6, 6.07) is 18.7. The van der Waals surface area contributed by atoms with Crippen molar-refractivity contribution < 1.29 is 4.79 Å². The second-order valence-corrected chi connectivity index (χ2v) is 7.08. The zero-order valence-electron chi connectivity index (χ0n) is 15.6. The van der Waals surface area contributed by atoms with Gasteiger partial charge in [-0.15, -0.1) is 0 Å². The first-order valence-corrected chi connectivity index (χ1v) is 9.29. The predicted molar refractivity (Wildman–Crippen MR) is 106 cm³/mol. The topological polar surface area (TPSA) is 44.7 Å². The molecule has 1 heterocycles. The van der Waals surface area contributed by atoms with Crippen LogP contribution in [0.15, 0.2) is 59.7 Å². The Kier molecular flexibility index (Phi) is 6.18. The van der Waals surface area contributed by atoms with Crippen LogP contribution >= 0.6 is 0 Å². The molecule has 1 fully saturated rings. The summed E-state index contributed by atoms with van der Waals surface area (Å²) in [5.41, 5.74) is 7.17. The highest BCUT2D eigenvalue weighted by atomic mass is 16.2. The standard InChI is InChI=1S/C22H27N3O/c1-17-8-10-20(11-9-17)18(2)23-24-22(26)21-12-14-25(15-13-21)16-19-6-4-3-5-7-19/h3-11,21H,12-16H2,1-2H3,(H,24,26). The average Bonchev–Trinajstić information content (AvgIpc) is 2.68. The van der Waals surface area contributed by atoms with E-state index in [-0.39, 0.29) is 11.8 Å². The predicted octanol–water partition coefficient (Wildman–Crippen LogP) is 3.75. The van der Waals surface area contributed by atoms with Gasteiger partial charge in [0.1, 0.15) is 0 Å². The molecular weight excluding hydrogens is 322 g/mol. The fraction of sp³-hybridized carbons (Fsp3) is 0.364. The normalized spacial score (nSPS) is 16.5. The van der Waals surface area contributed by atoms with Crippen molar-refractivity contribution >= 4 is 11.6 Å². The number of piperidine rings is 1. The number of hydrogen-bond donors (Lipinski definition) is 1. The Morgan fingerprint density at radius 3 is 2.38 bits per heavy atom. The molecule has 0 aromatic heterocycles. The number of carbonyl (C=O) groups excluding carboxylic acids is 1. The van der Waals surface area contributed by atoms with Gasteiger partial charge in [0.15, 0.2) is 0 Å². The van der Waals surface area contributed by atoms with Crippen LogP contribution in [0.3, 0.4) is 0 Å². The van der Waals surface area contributed by atoms with Crippen molar-refractivity contribution in [2.24, 2.45) is 11.0 Å². The maximum atomic E-state index is 12.4. The van der Waals surface area contributed by atoms with Crippen LogP contribution in [-0.2, 0) is 11.3 Å². The van der Waals surface area contributed by atoms with Crippen molar-refractivity contribution in [3.8, 4) is 0 Å². The monoisotopic (exact) mass is 349 g/mol. The number of carbonyl (C=O) groups is 1. The van der Waals surface area contributed by atoms with Crippen LogP contribution in [0.1, 0.15) is 36.5 Å². The van der Waals surface area contributed by atoms with E-state index in [1.165, 1.54) is 11.1 Å². The van der Waals surface area contributed by atoms with Crippen molar-refractivity contribution in [3.05, 3.63) is 71.3 Å². The van der Waals surface area contributed by atoms with E-state index >= 15 is 0 Å². The Hall–Kier alpha value is -2.46. The number of likely N-dealkylation sites (tertiary alicyclic amines) is 1. The highest BCUT2D eigenvalue weighted by Crippen LogP contribution is 2.19. The summed E-state index contributed by atoms with van der Waals surface area (Å²) in [5, 5.41) is 4.29. The van der Waals surface area contributed by atoms with Gasteiger partial charge >= 0.3 is 0 Å². The van der Waals surface area contributed by atoms with Crippen molar-refractivity contribution in [2.75, 3.05) is 13.1 Å². The smallest absolute Gasteiger partial charge is 0.243 e. The lowest BCUT2D eigenvalue weighted by Crippen LogP contribution is -2.39. The molecule has 0 radical (unpaired) electrons. The van der Waals surface area contributed by atoms with Crippen molar-refractivity contribution in [3.63, 3.8) is 0 Å². The molecule has 4 heteroatoms. The molecule has 0 saturated carbocycles. The molecule has 0 bridgehead atoms. The van der Waals surface area contributed by atoms with Crippen LogP contribution in [0.25, 0.3) is 0 Å². The minimum atomic E-state index is 0.0378. The number of amides is 1. The molecule has 1 aliphatic heterocycles. The summed E-state index contributed by atoms with van der Waals surface area (Å²) in [4.78, 5) is 14.8. The largest absolute Gasteiger partial charge is 0.299 e. The van der Waals surface area contributed by atoms with Crippen molar-refractivity contribution in [2.45, 2.75) is 33.2 Å². The lowest BCUT2D eigenvalue weighted by atomic mass is 9.96. The summed E-state index contributed by atoms with van der Waals surface area (Å²) in [5.74, 6) is 0.0902. The van der Waals surface area contributed by atoms with Crippen LogP contribution < -0.4 is 5.43 Å². The molecule has 1 aliphatic rings. The first kappa shape index (κ1) is 18.3. The van der Waals surface area contributed by atoms with Crippen LogP contribution in [0.2, 0.25) is 0 Å². The average molecular weight is 349 g/mol. The van der Waals surface area contributed by atoms with Gasteiger partial charge in [-0.25, -0.2) is 5.43 Å². The van der Waals surface area contributed by atoms with E-state index in [2.05, 4.69) is 58.7 Å². The van der Waals surface area contributed by atoms with Gasteiger partial charge < -0.3 is 0 Å². The third-order valence-electron chi connectivity index (χ3n) is 5.01. The molecule has 0 aliphatic carbocycles. The third-order valence-corrected chi connectivity index (χ3v) is 5.01. The minimum Gasteiger partial charge on any atom is -0.299 e. The Labute approximate surface area is 155 Å². The van der Waals surface area contributed by atoms with Crippen LogP contribution in [0.4, 0.5) is 0 Å². The minimum absolute atomic E-state index is 0.0378. The van der Waals surface area contributed by atoms with Gasteiger partial charge in [-0.3, -0.25) is 9.69 Å². The second-order valence-electron chi connectivity index (χ2n) is 7.08. The summed E-state index contributed by atoms with van der Waals surface area (Å²) >= 11 is 0. The van der Waals surface area contributed by atoms with Gasteiger partial charge in [-0.05, 0) is 50.9 Å². The molecule has 1 N–H and O–H groups in total. The fourth-order valence-electron chi connectivity index (χ4n) is 3.28. The van der Waals surface area contributed by atoms with Crippen LogP contribution in [-0.4, -0.2) is 29.6 Å². The second kappa shape index (κ2) is 8.77. The maximum absolute atomic E-state index is 12.4. The van der Waals surface area contributed by atoms with Crippen molar-refractivity contribution in [1.29, 1.82) is 0 Å². The summed E-state index contributed by atoms with van der Waals surface area (Å²) in [6.45, 7) is 6.84. The zero-order valence-corrected chi connectivity index (χ0v) is 15.6. The molecule has 136 valence electrons. The molecule has 0 atom stereocenters. The number of rotatable bonds is 5. The number of aryl methyl sites for hydroxylation is 1. The summed E-state index contributed by atoms with van der Waals surface area (Å²) < 4.78 is 0. The Morgan fingerprint density at radius 2 is 1.73 bits per heavy atom. The van der Waals surface area contributed by atoms with Gasteiger partial charge in [-0.2, -0.15) is 5.10 Å². The van der Waals surface area contributed by atoms with E-state index in [9.17, 15) is 4.79 Å². The Morgan fingerprint density at radius 1 is 1.08 bits per heavy atom. The van der Waals surface area contributed by atoms with E-state index in [0.29, 0.717) is 0 Å². The molecule has 1 saturated heterocycles. The van der Waals surface area contributed by atoms with Gasteiger partial charge in [-0.1, -0.05) is 60.2 Å². The Bertz CT molecular complexity index is 745. The molecule has 26 heavy (non-hydrogen) atoms. The Balaban J connectivity index is 1.47. The van der Waals surface area contributed by atoms with Gasteiger partial charge in [0.25, 0.3) is 0 Å². The van der Waals surface area contributed by atoms with Crippen LogP contribution in [0, 0.1) is 12.8 Å². The molecule has 2 aromatic rings. The van der Waals surface area contributed by atoms with Crippen molar-refractivity contribution in [1.82, 2.24) is 10.3 Å². The number of nitrogens with zero attached hydrogens (tertiary/aromatic N) is 2. The van der Waals surface area contributed by atoms with E-state index < -0.39 is 0 Å². The summed E-state index contributed by atoms with van der Waals surface area (Å²) in [6.07, 6.45) is 1.77. The summed E-state index contributed by atoms with van der Waals surface area (Å²) in [7, 11) is 0. The highest BCUT2D eigenvalue weighted by Gasteiger charge is 2.24. The third kappa shape index (κ3) is 5.02. The zero-order chi connectivity index (χ0) is 18.4. The highest BCUT2D eigenvalue weighted by molar-refractivity contribution is 5.99. The van der Waals surface area contributed by atoms with Crippen LogP contribution in [0.5, 0.6) is 0 Å². The molecule has 4 nitrogen and oxygen atoms in total. The molecule has 0 spiro atoms. The number of benzene rings is 2. The lowest BCUT2D eigenvalue weighted by Gasteiger charge is -2.30. The molecule has 0 unspecified atom stereocenters. The number of hydrogen-bond acceptors (Lipinski definition) is 3. The van der Waals surface area contributed by atoms with Gasteiger partial charge in [0.2, 0.25) is 5.91 Å². The first-order chi connectivity index (χ1) is 12.6. The van der Waals surface area contributed by atoms with E-state index in [4.69, 9.17) is 0 Å².